The Balaban J connectivity index is 1.80. The van der Waals surface area contributed by atoms with Crippen molar-refractivity contribution in [3.05, 3.63) is 47.6 Å². The highest BCUT2D eigenvalue weighted by Crippen LogP contribution is 2.57. The Labute approximate surface area is 130 Å². The molecule has 0 radical (unpaired) electrons. The minimum Gasteiger partial charge on any atom is -0.0995 e. The Morgan fingerprint density at radius 3 is 2.67 bits per heavy atom. The first kappa shape index (κ1) is 14.9. The molecule has 3 atom stereocenters. The van der Waals surface area contributed by atoms with Crippen LogP contribution in [0, 0.1) is 17.3 Å². The molecule has 0 nitrogen and oxygen atoms in total. The van der Waals surface area contributed by atoms with Gasteiger partial charge < -0.3 is 0 Å². The molecule has 3 saturated carbocycles. The number of rotatable bonds is 1. The molecule has 3 rings (SSSR count). The predicted molar refractivity (Wildman–Crippen MR) is 92.1 cm³/mol. The van der Waals surface area contributed by atoms with E-state index >= 15 is 0 Å². The number of allylic oxidation sites excluding steroid dienone is 6. The molecular formula is C21H30. The molecular weight excluding hydrogens is 252 g/mol. The maximum Gasteiger partial charge on any atom is -0.00728 e. The van der Waals surface area contributed by atoms with Gasteiger partial charge in [-0.25, -0.2) is 0 Å². The van der Waals surface area contributed by atoms with Gasteiger partial charge >= 0.3 is 0 Å². The summed E-state index contributed by atoms with van der Waals surface area (Å²) in [6, 6.07) is 0. The van der Waals surface area contributed by atoms with E-state index in [0.717, 1.165) is 31.1 Å². The minimum atomic E-state index is 0.570. The minimum absolute atomic E-state index is 0.570. The lowest BCUT2D eigenvalue weighted by atomic mass is 9.64. The van der Waals surface area contributed by atoms with Crippen molar-refractivity contribution < 1.29 is 0 Å². The second-order valence-electron chi connectivity index (χ2n) is 7.85. The van der Waals surface area contributed by atoms with Gasteiger partial charge in [-0.3, -0.25) is 0 Å². The van der Waals surface area contributed by atoms with E-state index < -0.39 is 0 Å². The van der Waals surface area contributed by atoms with Gasteiger partial charge in [0.2, 0.25) is 0 Å². The van der Waals surface area contributed by atoms with Crippen LogP contribution < -0.4 is 0 Å². The number of hydrogen-bond donors (Lipinski definition) is 0. The second-order valence-corrected chi connectivity index (χ2v) is 7.85. The highest BCUT2D eigenvalue weighted by molar-refractivity contribution is 5.39. The fourth-order valence-electron chi connectivity index (χ4n) is 4.90. The zero-order valence-electron chi connectivity index (χ0n) is 13.9. The van der Waals surface area contributed by atoms with E-state index in [-0.39, 0.29) is 0 Å². The van der Waals surface area contributed by atoms with E-state index in [2.05, 4.69) is 39.2 Å². The summed E-state index contributed by atoms with van der Waals surface area (Å²) < 4.78 is 0. The molecule has 0 aromatic heterocycles. The number of fused-ring (bicyclic) bond motifs is 1. The normalized spacial score (nSPS) is 40.9. The van der Waals surface area contributed by atoms with E-state index in [1.54, 1.807) is 5.57 Å². The van der Waals surface area contributed by atoms with E-state index in [9.17, 15) is 0 Å². The van der Waals surface area contributed by atoms with Gasteiger partial charge in [0, 0.05) is 0 Å². The van der Waals surface area contributed by atoms with E-state index in [0.29, 0.717) is 5.41 Å². The summed E-state index contributed by atoms with van der Waals surface area (Å²) in [4.78, 5) is 0. The van der Waals surface area contributed by atoms with Crippen molar-refractivity contribution in [3.63, 3.8) is 0 Å². The van der Waals surface area contributed by atoms with E-state index in [1.165, 1.54) is 48.8 Å². The summed E-state index contributed by atoms with van der Waals surface area (Å²) in [7, 11) is 0. The molecule has 0 amide bonds. The molecule has 0 spiro atoms. The smallest absolute Gasteiger partial charge is 0.00728 e. The third kappa shape index (κ3) is 2.70. The van der Waals surface area contributed by atoms with E-state index in [4.69, 9.17) is 0 Å². The maximum atomic E-state index is 4.24. The van der Waals surface area contributed by atoms with Crippen molar-refractivity contribution in [2.45, 2.75) is 65.2 Å². The molecule has 21 heavy (non-hydrogen) atoms. The molecule has 114 valence electrons. The molecule has 0 bridgehead atoms. The molecule has 3 aliphatic carbocycles. The van der Waals surface area contributed by atoms with Crippen LogP contribution in [0.3, 0.4) is 0 Å². The Morgan fingerprint density at radius 1 is 1.10 bits per heavy atom. The van der Waals surface area contributed by atoms with E-state index in [1.807, 2.05) is 0 Å². The molecule has 0 heterocycles. The largest absolute Gasteiger partial charge is 0.0995 e. The molecule has 0 aromatic carbocycles. The molecule has 0 N–H and O–H groups in total. The number of hydrogen-bond acceptors (Lipinski definition) is 0. The first-order valence-electron chi connectivity index (χ1n) is 8.75. The van der Waals surface area contributed by atoms with Crippen molar-refractivity contribution in [1.29, 1.82) is 0 Å². The molecule has 3 unspecified atom stereocenters. The molecule has 0 saturated heterocycles. The van der Waals surface area contributed by atoms with Gasteiger partial charge in [0.25, 0.3) is 0 Å². The quantitative estimate of drug-likeness (QED) is 0.490. The van der Waals surface area contributed by atoms with Crippen molar-refractivity contribution in [3.8, 4) is 0 Å². The van der Waals surface area contributed by atoms with Gasteiger partial charge in [0.1, 0.15) is 0 Å². The second kappa shape index (κ2) is 5.63. The Kier molecular flexibility index (Phi) is 3.99. The zero-order valence-corrected chi connectivity index (χ0v) is 13.9. The summed E-state index contributed by atoms with van der Waals surface area (Å²) >= 11 is 0. The summed E-state index contributed by atoms with van der Waals surface area (Å²) in [5.74, 6) is 1.73. The Hall–Kier alpha value is -1.04. The van der Waals surface area contributed by atoms with Crippen molar-refractivity contribution >= 4 is 0 Å². The van der Waals surface area contributed by atoms with Gasteiger partial charge in [0.15, 0.2) is 0 Å². The standard InChI is InChI=1S/C21H30/c1-15-7-9-18(16(2)14-15)10-11-19-6-5-13-21(4)17(3)8-12-20(19)21/h10-11,17,20H,1-2,5-9,12-14H2,3-4H3/b18-10-,19-11+. The average molecular weight is 282 g/mol. The van der Waals surface area contributed by atoms with Crippen LogP contribution in [-0.2, 0) is 0 Å². The van der Waals surface area contributed by atoms with Crippen LogP contribution in [0.25, 0.3) is 0 Å². The summed E-state index contributed by atoms with van der Waals surface area (Å²) in [5, 5.41) is 0. The van der Waals surface area contributed by atoms with Crippen LogP contribution in [0.1, 0.15) is 65.2 Å². The van der Waals surface area contributed by atoms with Gasteiger partial charge in [-0.1, -0.05) is 50.3 Å². The SMILES string of the molecule is C=C1CC/C(=C/C=C2\CCCC3(C)C(C)CCC23)C(=C)C1. The summed E-state index contributed by atoms with van der Waals surface area (Å²) in [6.07, 6.45) is 15.1. The van der Waals surface area contributed by atoms with Crippen LogP contribution in [0.4, 0.5) is 0 Å². The van der Waals surface area contributed by atoms with Crippen LogP contribution in [0.5, 0.6) is 0 Å². The summed E-state index contributed by atoms with van der Waals surface area (Å²) in [5.41, 5.74) is 6.40. The summed E-state index contributed by atoms with van der Waals surface area (Å²) in [6.45, 7) is 13.4. The first-order valence-corrected chi connectivity index (χ1v) is 8.75. The van der Waals surface area contributed by atoms with Crippen LogP contribution in [-0.4, -0.2) is 0 Å². The fraction of sp³-hybridized carbons (Fsp3) is 0.619. The van der Waals surface area contributed by atoms with Gasteiger partial charge in [0.05, 0.1) is 0 Å². The highest BCUT2D eigenvalue weighted by Gasteiger charge is 2.46. The maximum absolute atomic E-state index is 4.24. The average Bonchev–Trinajstić information content (AvgIpc) is 2.74. The van der Waals surface area contributed by atoms with Crippen molar-refractivity contribution in [2.75, 3.05) is 0 Å². The fourth-order valence-corrected chi connectivity index (χ4v) is 4.90. The van der Waals surface area contributed by atoms with Gasteiger partial charge in [-0.05, 0) is 79.8 Å². The van der Waals surface area contributed by atoms with Crippen molar-refractivity contribution in [2.24, 2.45) is 17.3 Å². The highest BCUT2D eigenvalue weighted by atomic mass is 14.5. The molecule has 0 aliphatic heterocycles. The lowest BCUT2D eigenvalue weighted by Gasteiger charge is -2.41. The molecule has 3 fully saturated rings. The van der Waals surface area contributed by atoms with Gasteiger partial charge in [-0.15, -0.1) is 0 Å². The predicted octanol–water partition coefficient (Wildman–Crippen LogP) is 6.37. The zero-order chi connectivity index (χ0) is 15.0. The van der Waals surface area contributed by atoms with Gasteiger partial charge in [-0.2, -0.15) is 0 Å². The van der Waals surface area contributed by atoms with Crippen LogP contribution in [0.15, 0.2) is 47.6 Å². The third-order valence-electron chi connectivity index (χ3n) is 6.60. The first-order chi connectivity index (χ1) is 10.0. The van der Waals surface area contributed by atoms with Crippen molar-refractivity contribution in [1.82, 2.24) is 0 Å². The Bertz CT molecular complexity index is 516. The topological polar surface area (TPSA) is 0 Å². The lowest BCUT2D eigenvalue weighted by Crippen LogP contribution is -2.31. The molecule has 3 aliphatic rings. The lowest BCUT2D eigenvalue weighted by molar-refractivity contribution is 0.147. The molecule has 0 heteroatoms. The van der Waals surface area contributed by atoms with Crippen LogP contribution in [0.2, 0.25) is 0 Å². The third-order valence-corrected chi connectivity index (χ3v) is 6.60. The Morgan fingerprint density at radius 2 is 1.90 bits per heavy atom. The molecule has 0 aromatic rings. The van der Waals surface area contributed by atoms with Crippen LogP contribution >= 0.6 is 0 Å². The monoisotopic (exact) mass is 282 g/mol.